The minimum atomic E-state index is 1.13. The molecule has 2 nitrogen and oxygen atoms in total. The third-order valence-corrected chi connectivity index (χ3v) is 2.07. The van der Waals surface area contributed by atoms with Crippen molar-refractivity contribution in [2.24, 2.45) is 7.05 Å². The third-order valence-electron chi connectivity index (χ3n) is 2.07. The molecule has 1 N–H and O–H groups in total. The van der Waals surface area contributed by atoms with E-state index in [0.717, 1.165) is 6.54 Å². The zero-order valence-electron chi connectivity index (χ0n) is 6.22. The highest BCUT2D eigenvalue weighted by molar-refractivity contribution is 5.48. The predicted molar refractivity (Wildman–Crippen MR) is 42.2 cm³/mol. The molecule has 0 amide bonds. The number of fused-ring (bicyclic) bond motifs is 1. The van der Waals surface area contributed by atoms with Gasteiger partial charge in [0.15, 0.2) is 0 Å². The van der Waals surface area contributed by atoms with Gasteiger partial charge in [-0.05, 0) is 24.5 Å². The molecule has 0 fully saturated rings. The number of nitrogens with zero attached hydrogens (tertiary/aromatic N) is 1. The minimum Gasteiger partial charge on any atom is -0.371 e. The highest BCUT2D eigenvalue weighted by atomic mass is 15.1. The Morgan fingerprint density at radius 2 is 2.50 bits per heavy atom. The smallest absolute Gasteiger partial charge is 0.108 e. The summed E-state index contributed by atoms with van der Waals surface area (Å²) in [5.41, 5.74) is 1.47. The molecule has 2 heteroatoms. The Morgan fingerprint density at radius 3 is 3.30 bits per heavy atom. The van der Waals surface area contributed by atoms with Crippen LogP contribution in [0.25, 0.3) is 0 Å². The lowest BCUT2D eigenvalue weighted by Crippen LogP contribution is -2.12. The number of aromatic nitrogens is 1. The molecule has 2 heterocycles. The van der Waals surface area contributed by atoms with E-state index in [-0.39, 0.29) is 0 Å². The molecule has 0 aromatic carbocycles. The van der Waals surface area contributed by atoms with Crippen molar-refractivity contribution in [1.29, 1.82) is 0 Å². The van der Waals surface area contributed by atoms with Crippen molar-refractivity contribution in [2.75, 3.05) is 11.9 Å². The average molecular weight is 136 g/mol. The van der Waals surface area contributed by atoms with E-state index >= 15 is 0 Å². The van der Waals surface area contributed by atoms with E-state index in [0.29, 0.717) is 0 Å². The van der Waals surface area contributed by atoms with E-state index in [1.807, 2.05) is 0 Å². The van der Waals surface area contributed by atoms with Crippen molar-refractivity contribution in [1.82, 2.24) is 4.57 Å². The monoisotopic (exact) mass is 136 g/mol. The van der Waals surface area contributed by atoms with Gasteiger partial charge < -0.3 is 9.88 Å². The Kier molecular flexibility index (Phi) is 1.19. The molecule has 1 aromatic rings. The summed E-state index contributed by atoms with van der Waals surface area (Å²) in [5.74, 6) is 1.31. The zero-order chi connectivity index (χ0) is 6.97. The summed E-state index contributed by atoms with van der Waals surface area (Å²) in [6.45, 7) is 1.13. The molecular weight excluding hydrogens is 124 g/mol. The lowest BCUT2D eigenvalue weighted by Gasteiger charge is -2.15. The molecule has 1 aliphatic heterocycles. The van der Waals surface area contributed by atoms with Crippen LogP contribution in [-0.2, 0) is 13.5 Å². The Labute approximate surface area is 60.9 Å². The van der Waals surface area contributed by atoms with Crippen LogP contribution >= 0.6 is 0 Å². The van der Waals surface area contributed by atoms with Gasteiger partial charge in [0.25, 0.3) is 0 Å². The van der Waals surface area contributed by atoms with E-state index < -0.39 is 0 Å². The van der Waals surface area contributed by atoms with Gasteiger partial charge in [-0.3, -0.25) is 0 Å². The number of anilines is 1. The minimum absolute atomic E-state index is 1.13. The zero-order valence-corrected chi connectivity index (χ0v) is 6.22. The lowest BCUT2D eigenvalue weighted by molar-refractivity contribution is 0.800. The summed E-state index contributed by atoms with van der Waals surface area (Å²) in [6, 6.07) is 2.20. The second-order valence-corrected chi connectivity index (χ2v) is 2.83. The summed E-state index contributed by atoms with van der Waals surface area (Å²) in [7, 11) is 2.08. The van der Waals surface area contributed by atoms with Gasteiger partial charge in [-0.2, -0.15) is 0 Å². The number of rotatable bonds is 0. The van der Waals surface area contributed by atoms with E-state index in [1.165, 1.54) is 24.2 Å². The van der Waals surface area contributed by atoms with Crippen LogP contribution < -0.4 is 5.32 Å². The van der Waals surface area contributed by atoms with Crippen molar-refractivity contribution in [3.63, 3.8) is 0 Å². The first kappa shape index (κ1) is 5.83. The number of hydrogen-bond donors (Lipinski definition) is 1. The molecular formula is C8H12N2. The Hall–Kier alpha value is -0.920. The van der Waals surface area contributed by atoms with Crippen LogP contribution in [0.2, 0.25) is 0 Å². The van der Waals surface area contributed by atoms with E-state index in [9.17, 15) is 0 Å². The third kappa shape index (κ3) is 0.719. The second-order valence-electron chi connectivity index (χ2n) is 2.83. The topological polar surface area (TPSA) is 17.0 Å². The largest absolute Gasteiger partial charge is 0.371 e. The molecule has 0 unspecified atom stereocenters. The molecule has 0 aliphatic carbocycles. The fourth-order valence-electron chi connectivity index (χ4n) is 1.51. The van der Waals surface area contributed by atoms with Gasteiger partial charge in [0.1, 0.15) is 5.82 Å². The van der Waals surface area contributed by atoms with Gasteiger partial charge in [0.05, 0.1) is 0 Å². The van der Waals surface area contributed by atoms with E-state index in [4.69, 9.17) is 0 Å². The first-order chi connectivity index (χ1) is 4.88. The molecule has 0 saturated carbocycles. The van der Waals surface area contributed by atoms with Gasteiger partial charge in [-0.15, -0.1) is 0 Å². The van der Waals surface area contributed by atoms with Crippen molar-refractivity contribution < 1.29 is 0 Å². The average Bonchev–Trinajstić information content (AvgIpc) is 2.34. The first-order valence-electron chi connectivity index (χ1n) is 3.76. The molecule has 1 aromatic heterocycles. The maximum Gasteiger partial charge on any atom is 0.108 e. The van der Waals surface area contributed by atoms with E-state index in [2.05, 4.69) is 29.2 Å². The van der Waals surface area contributed by atoms with E-state index in [1.54, 1.807) is 0 Å². The van der Waals surface area contributed by atoms with Crippen molar-refractivity contribution in [2.45, 2.75) is 12.8 Å². The molecule has 1 aliphatic rings. The predicted octanol–water partition coefficient (Wildman–Crippen LogP) is 1.38. The number of nitrogens with one attached hydrogen (secondary N) is 1. The first-order valence-corrected chi connectivity index (χ1v) is 3.76. The van der Waals surface area contributed by atoms with Gasteiger partial charge in [0, 0.05) is 19.8 Å². The van der Waals surface area contributed by atoms with Crippen LogP contribution in [0.15, 0.2) is 12.3 Å². The highest BCUT2D eigenvalue weighted by Gasteiger charge is 2.09. The van der Waals surface area contributed by atoms with Crippen LogP contribution in [0.1, 0.15) is 12.0 Å². The molecule has 0 saturated heterocycles. The summed E-state index contributed by atoms with van der Waals surface area (Å²) in [4.78, 5) is 0. The standard InChI is InChI=1S/C8H12N2/c1-10-6-4-7-3-2-5-9-8(7)10/h4,6,9H,2-3,5H2,1H3. The molecule has 10 heavy (non-hydrogen) atoms. The van der Waals surface area contributed by atoms with Crippen molar-refractivity contribution >= 4 is 5.82 Å². The summed E-state index contributed by atoms with van der Waals surface area (Å²) >= 11 is 0. The molecule has 0 spiro atoms. The fraction of sp³-hybridized carbons (Fsp3) is 0.500. The normalized spacial score (nSPS) is 16.1. The molecule has 0 atom stereocenters. The lowest BCUT2D eigenvalue weighted by atomic mass is 10.1. The molecule has 54 valence electrons. The maximum atomic E-state index is 3.37. The summed E-state index contributed by atoms with van der Waals surface area (Å²) < 4.78 is 2.15. The fourth-order valence-corrected chi connectivity index (χ4v) is 1.51. The summed E-state index contributed by atoms with van der Waals surface area (Å²) in [6.07, 6.45) is 4.63. The van der Waals surface area contributed by atoms with Crippen LogP contribution in [0, 0.1) is 0 Å². The number of hydrogen-bond acceptors (Lipinski definition) is 1. The molecule has 0 radical (unpaired) electrons. The Morgan fingerprint density at radius 1 is 1.60 bits per heavy atom. The number of aryl methyl sites for hydroxylation is 2. The van der Waals surface area contributed by atoms with Crippen LogP contribution in [0.5, 0.6) is 0 Å². The van der Waals surface area contributed by atoms with Crippen LogP contribution in [-0.4, -0.2) is 11.1 Å². The SMILES string of the molecule is Cn1ccc2c1NCCC2. The molecule has 0 bridgehead atoms. The Balaban J connectivity index is 2.45. The van der Waals surface area contributed by atoms with Gasteiger partial charge in [-0.25, -0.2) is 0 Å². The van der Waals surface area contributed by atoms with Crippen LogP contribution in [0.3, 0.4) is 0 Å². The second kappa shape index (κ2) is 2.04. The van der Waals surface area contributed by atoms with Crippen molar-refractivity contribution in [3.8, 4) is 0 Å². The van der Waals surface area contributed by atoms with Gasteiger partial charge >= 0.3 is 0 Å². The maximum absolute atomic E-state index is 3.37. The quantitative estimate of drug-likeness (QED) is 0.570. The summed E-state index contributed by atoms with van der Waals surface area (Å²) in [5, 5.41) is 3.37. The highest BCUT2D eigenvalue weighted by Crippen LogP contribution is 2.21. The van der Waals surface area contributed by atoms with Crippen molar-refractivity contribution in [3.05, 3.63) is 17.8 Å². The molecule has 2 rings (SSSR count). The van der Waals surface area contributed by atoms with Gasteiger partial charge in [0.2, 0.25) is 0 Å². The van der Waals surface area contributed by atoms with Crippen LogP contribution in [0.4, 0.5) is 5.82 Å². The Bertz CT molecular complexity index is 237. The van der Waals surface area contributed by atoms with Gasteiger partial charge in [-0.1, -0.05) is 0 Å².